The second kappa shape index (κ2) is 8.59. The van der Waals surface area contributed by atoms with Gasteiger partial charge in [-0.05, 0) is 30.7 Å². The number of hydrogen-bond acceptors (Lipinski definition) is 5. The summed E-state index contributed by atoms with van der Waals surface area (Å²) in [5.41, 5.74) is 0.0235. The number of nitro groups is 1. The van der Waals surface area contributed by atoms with Gasteiger partial charge in [0, 0.05) is 23.7 Å². The molecule has 3 aromatic rings. The summed E-state index contributed by atoms with van der Waals surface area (Å²) in [4.78, 5) is 44.1. The molecule has 8 nitrogen and oxygen atoms in total. The first-order valence-electron chi connectivity index (χ1n) is 8.71. The monoisotopic (exact) mass is 434 g/mol. The van der Waals surface area contributed by atoms with Crippen molar-refractivity contribution in [2.75, 3.05) is 6.54 Å². The van der Waals surface area contributed by atoms with Crippen molar-refractivity contribution in [3.05, 3.63) is 78.3 Å². The summed E-state index contributed by atoms with van der Waals surface area (Å²) < 4.78 is 0. The number of H-pyrrole nitrogens is 1. The molecule has 0 spiro atoms. The number of benzene rings is 2. The molecule has 29 heavy (non-hydrogen) atoms. The third-order valence-electron chi connectivity index (χ3n) is 4.23. The van der Waals surface area contributed by atoms with Crippen LogP contribution in [0.1, 0.15) is 29.5 Å². The number of carbonyl (C=O) groups is 1. The molecule has 1 amide bonds. The molecule has 1 aromatic heterocycles. The number of nitro benzene ring substituents is 1. The molecule has 0 fully saturated rings. The number of nitrogens with one attached hydrogen (secondary N) is 1. The highest BCUT2D eigenvalue weighted by Gasteiger charge is 2.21. The number of nitrogens with zero attached hydrogens (tertiary/aromatic N) is 3. The maximum atomic E-state index is 13.0. The zero-order chi connectivity index (χ0) is 21.1. The third-order valence-corrected chi connectivity index (χ3v) is 4.78. The first-order valence-corrected chi connectivity index (χ1v) is 9.47. The van der Waals surface area contributed by atoms with Gasteiger partial charge in [0.2, 0.25) is 0 Å². The van der Waals surface area contributed by atoms with Crippen molar-refractivity contribution in [1.82, 2.24) is 14.9 Å². The Kier molecular flexibility index (Phi) is 6.14. The molecule has 1 heterocycles. The lowest BCUT2D eigenvalue weighted by Crippen LogP contribution is -2.33. The summed E-state index contributed by atoms with van der Waals surface area (Å²) >= 11 is 12.1. The Morgan fingerprint density at radius 3 is 2.66 bits per heavy atom. The van der Waals surface area contributed by atoms with E-state index in [0.717, 1.165) is 6.07 Å². The van der Waals surface area contributed by atoms with Crippen molar-refractivity contribution in [2.24, 2.45) is 0 Å². The van der Waals surface area contributed by atoms with E-state index in [1.165, 1.54) is 17.0 Å². The SMILES string of the molecule is CCCN(Cc1nc2cc(Cl)ccc2c(=O)[nH]1)C(=O)c1ccc([N+](=O)[O-])cc1Cl. The lowest BCUT2D eigenvalue weighted by atomic mass is 10.1. The van der Waals surface area contributed by atoms with Gasteiger partial charge in [-0.1, -0.05) is 30.1 Å². The summed E-state index contributed by atoms with van der Waals surface area (Å²) in [5.74, 6) is -0.120. The molecular weight excluding hydrogens is 419 g/mol. The summed E-state index contributed by atoms with van der Waals surface area (Å²) in [7, 11) is 0. The van der Waals surface area contributed by atoms with E-state index in [-0.39, 0.29) is 28.4 Å². The second-order valence-electron chi connectivity index (χ2n) is 6.32. The predicted octanol–water partition coefficient (Wildman–Crippen LogP) is 4.19. The van der Waals surface area contributed by atoms with Crippen LogP contribution >= 0.6 is 23.2 Å². The fourth-order valence-corrected chi connectivity index (χ4v) is 3.32. The molecule has 1 N–H and O–H groups in total. The quantitative estimate of drug-likeness (QED) is 0.461. The lowest BCUT2D eigenvalue weighted by Gasteiger charge is -2.22. The minimum Gasteiger partial charge on any atom is -0.331 e. The molecule has 0 bridgehead atoms. The van der Waals surface area contributed by atoms with Gasteiger partial charge in [-0.3, -0.25) is 19.7 Å². The highest BCUT2D eigenvalue weighted by atomic mass is 35.5. The molecule has 0 atom stereocenters. The van der Waals surface area contributed by atoms with Crippen molar-refractivity contribution in [2.45, 2.75) is 19.9 Å². The van der Waals surface area contributed by atoms with Crippen LogP contribution < -0.4 is 5.56 Å². The topological polar surface area (TPSA) is 109 Å². The molecule has 0 radical (unpaired) electrons. The molecular formula is C19H16Cl2N4O4. The molecule has 0 aliphatic rings. The van der Waals surface area contributed by atoms with E-state index in [2.05, 4.69) is 9.97 Å². The zero-order valence-electron chi connectivity index (χ0n) is 15.3. The third kappa shape index (κ3) is 4.55. The van der Waals surface area contributed by atoms with Crippen molar-refractivity contribution < 1.29 is 9.72 Å². The number of fused-ring (bicyclic) bond motifs is 1. The smallest absolute Gasteiger partial charge is 0.270 e. The largest absolute Gasteiger partial charge is 0.331 e. The Morgan fingerprint density at radius 2 is 2.00 bits per heavy atom. The van der Waals surface area contributed by atoms with Crippen molar-refractivity contribution >= 4 is 45.7 Å². The fraction of sp³-hybridized carbons (Fsp3) is 0.211. The Bertz CT molecular complexity index is 1160. The van der Waals surface area contributed by atoms with E-state index in [9.17, 15) is 19.7 Å². The average Bonchev–Trinajstić information content (AvgIpc) is 2.66. The van der Waals surface area contributed by atoms with E-state index in [0.29, 0.717) is 34.7 Å². The van der Waals surface area contributed by atoms with Crippen LogP contribution in [-0.2, 0) is 6.54 Å². The van der Waals surface area contributed by atoms with E-state index in [1.54, 1.807) is 18.2 Å². The minimum absolute atomic E-state index is 0.0166. The van der Waals surface area contributed by atoms with Crippen LogP contribution in [0.2, 0.25) is 10.0 Å². The standard InChI is InChI=1S/C19H16Cl2N4O4/c1-2-7-24(19(27)13-6-4-12(25(28)29)9-15(13)21)10-17-22-16-8-11(20)3-5-14(16)18(26)23-17/h3-6,8-9H,2,7,10H2,1H3,(H,22,23,26). The van der Waals surface area contributed by atoms with E-state index in [4.69, 9.17) is 23.2 Å². The number of carbonyl (C=O) groups excluding carboxylic acids is 1. The van der Waals surface area contributed by atoms with Gasteiger partial charge in [0.15, 0.2) is 0 Å². The predicted molar refractivity (Wildman–Crippen MR) is 111 cm³/mol. The van der Waals surface area contributed by atoms with Gasteiger partial charge in [-0.25, -0.2) is 4.98 Å². The zero-order valence-corrected chi connectivity index (χ0v) is 16.8. The Morgan fingerprint density at radius 1 is 1.24 bits per heavy atom. The van der Waals surface area contributed by atoms with Gasteiger partial charge >= 0.3 is 0 Å². The molecule has 0 aliphatic carbocycles. The average molecular weight is 435 g/mol. The number of non-ortho nitro benzene ring substituents is 1. The number of aromatic nitrogens is 2. The number of rotatable bonds is 6. The molecule has 0 aliphatic heterocycles. The van der Waals surface area contributed by atoms with Gasteiger partial charge < -0.3 is 9.88 Å². The Hall–Kier alpha value is -2.97. The van der Waals surface area contributed by atoms with Crippen LogP contribution in [0.5, 0.6) is 0 Å². The van der Waals surface area contributed by atoms with Gasteiger partial charge in [-0.15, -0.1) is 0 Å². The number of amides is 1. The van der Waals surface area contributed by atoms with Crippen LogP contribution in [0.3, 0.4) is 0 Å². The van der Waals surface area contributed by atoms with Crippen molar-refractivity contribution in [1.29, 1.82) is 0 Å². The molecule has 0 saturated carbocycles. The van der Waals surface area contributed by atoms with Crippen LogP contribution in [0.15, 0.2) is 41.2 Å². The van der Waals surface area contributed by atoms with E-state index < -0.39 is 10.8 Å². The van der Waals surface area contributed by atoms with E-state index in [1.807, 2.05) is 6.92 Å². The summed E-state index contributed by atoms with van der Waals surface area (Å²) in [6, 6.07) is 8.44. The minimum atomic E-state index is -0.585. The molecule has 0 saturated heterocycles. The highest BCUT2D eigenvalue weighted by molar-refractivity contribution is 6.34. The number of halogens is 2. The summed E-state index contributed by atoms with van der Waals surface area (Å²) in [6.45, 7) is 2.31. The van der Waals surface area contributed by atoms with Crippen molar-refractivity contribution in [3.63, 3.8) is 0 Å². The summed E-state index contributed by atoms with van der Waals surface area (Å²) in [6.07, 6.45) is 0.653. The van der Waals surface area contributed by atoms with Gasteiger partial charge in [-0.2, -0.15) is 0 Å². The summed E-state index contributed by atoms with van der Waals surface area (Å²) in [5, 5.41) is 11.7. The first-order chi connectivity index (χ1) is 13.8. The van der Waals surface area contributed by atoms with Gasteiger partial charge in [0.25, 0.3) is 17.2 Å². The first kappa shape index (κ1) is 20.8. The Balaban J connectivity index is 1.94. The van der Waals surface area contributed by atoms with Crippen LogP contribution in [0.4, 0.5) is 5.69 Å². The van der Waals surface area contributed by atoms with Gasteiger partial charge in [0.1, 0.15) is 5.82 Å². The lowest BCUT2D eigenvalue weighted by molar-refractivity contribution is -0.384. The molecule has 10 heteroatoms. The van der Waals surface area contributed by atoms with Gasteiger partial charge in [0.05, 0.1) is 33.0 Å². The van der Waals surface area contributed by atoms with Crippen LogP contribution in [-0.4, -0.2) is 32.2 Å². The second-order valence-corrected chi connectivity index (χ2v) is 7.17. The highest BCUT2D eigenvalue weighted by Crippen LogP contribution is 2.24. The Labute approximate surface area is 175 Å². The maximum Gasteiger partial charge on any atom is 0.270 e. The van der Waals surface area contributed by atoms with Crippen LogP contribution in [0.25, 0.3) is 10.9 Å². The normalized spacial score (nSPS) is 10.9. The maximum absolute atomic E-state index is 13.0. The molecule has 0 unspecified atom stereocenters. The molecule has 3 rings (SSSR count). The van der Waals surface area contributed by atoms with E-state index >= 15 is 0 Å². The fourth-order valence-electron chi connectivity index (χ4n) is 2.90. The molecule has 2 aromatic carbocycles. The number of hydrogen-bond donors (Lipinski definition) is 1. The molecule has 150 valence electrons. The van der Waals surface area contributed by atoms with Crippen LogP contribution in [0, 0.1) is 10.1 Å². The number of aromatic amines is 1. The van der Waals surface area contributed by atoms with Crippen molar-refractivity contribution in [3.8, 4) is 0 Å².